The van der Waals surface area contributed by atoms with Crippen molar-refractivity contribution in [3.05, 3.63) is 23.8 Å². The average molecular weight is 661 g/mol. The Labute approximate surface area is 271 Å². The van der Waals surface area contributed by atoms with Crippen molar-refractivity contribution in [1.82, 2.24) is 10.2 Å². The van der Waals surface area contributed by atoms with Crippen LogP contribution in [0, 0.1) is 11.8 Å². The first kappa shape index (κ1) is 34.5. The van der Waals surface area contributed by atoms with Gasteiger partial charge < -0.3 is 39.1 Å². The molecule has 1 unspecified atom stereocenters. The summed E-state index contributed by atoms with van der Waals surface area (Å²) in [6.07, 6.45) is 3.56. The first-order chi connectivity index (χ1) is 21.9. The number of hydrogen-bond acceptors (Lipinski definition) is 8. The van der Waals surface area contributed by atoms with E-state index in [-0.39, 0.29) is 55.1 Å². The number of rotatable bonds is 11. The van der Waals surface area contributed by atoms with Gasteiger partial charge in [-0.15, -0.1) is 0 Å². The molecule has 3 amide bonds. The van der Waals surface area contributed by atoms with Crippen molar-refractivity contribution >= 4 is 43.5 Å². The van der Waals surface area contributed by atoms with Gasteiger partial charge in [-0.1, -0.05) is 6.92 Å². The Hall–Kier alpha value is -2.87. The van der Waals surface area contributed by atoms with E-state index in [4.69, 9.17) is 9.47 Å². The molecule has 4 aliphatic rings. The van der Waals surface area contributed by atoms with Crippen LogP contribution in [0.5, 0.6) is 0 Å². The van der Waals surface area contributed by atoms with E-state index >= 15 is 4.11 Å². The second-order valence-corrected chi connectivity index (χ2v) is 17.6. The molecule has 0 aromatic heterocycles. The number of aliphatic hydroxyl groups is 1. The van der Waals surface area contributed by atoms with Crippen LogP contribution < -0.4 is 15.5 Å². The molecule has 0 bridgehead atoms. The fraction of sp³-hybridized carbons (Fsp3) is 0.697. The van der Waals surface area contributed by atoms with Gasteiger partial charge in [0.15, 0.2) is 5.60 Å². The van der Waals surface area contributed by atoms with Gasteiger partial charge in [0.25, 0.3) is 5.91 Å². The molecule has 0 aliphatic carbocycles. The number of unbranched alkanes of at least 4 members (excludes halogenated alkanes) is 1. The number of anilines is 2. The maximum atomic E-state index is 16.3. The molecular weight excluding hydrogens is 611 g/mol. The summed E-state index contributed by atoms with van der Waals surface area (Å²) in [7, 11) is -2.16. The number of nitrogens with zero attached hydrogens (tertiary/aromatic N) is 2. The number of hydrogen-bond donors (Lipinski definition) is 3. The van der Waals surface area contributed by atoms with Gasteiger partial charge in [-0.25, -0.2) is 0 Å². The van der Waals surface area contributed by atoms with Crippen LogP contribution in [0.2, 0.25) is 18.6 Å². The van der Waals surface area contributed by atoms with Gasteiger partial charge in [0.2, 0.25) is 20.2 Å². The highest BCUT2D eigenvalue weighted by Crippen LogP contribution is 2.60. The van der Waals surface area contributed by atoms with Crippen LogP contribution in [-0.2, 0) is 34.3 Å². The van der Waals surface area contributed by atoms with Crippen LogP contribution in [0.15, 0.2) is 18.2 Å². The molecule has 6 atom stereocenters. The monoisotopic (exact) mass is 660 g/mol. The predicted octanol–water partition coefficient (Wildman–Crippen LogP) is 3.46. The Kier molecular flexibility index (Phi) is 10.6. The van der Waals surface area contributed by atoms with Crippen molar-refractivity contribution in [3.8, 4) is 0 Å². The number of piperidine rings is 1. The molecule has 46 heavy (non-hydrogen) atoms. The first-order valence-corrected chi connectivity index (χ1v) is 19.7. The van der Waals surface area contributed by atoms with Crippen molar-refractivity contribution in [2.45, 2.75) is 94.7 Å². The molecule has 11 nitrogen and oxygen atoms in total. The number of esters is 1. The number of benzene rings is 1. The van der Waals surface area contributed by atoms with Crippen LogP contribution in [-0.4, -0.2) is 94.1 Å². The molecule has 1 spiro atoms. The Morgan fingerprint density at radius 3 is 2.67 bits per heavy atom. The van der Waals surface area contributed by atoms with Crippen molar-refractivity contribution in [1.29, 1.82) is 0 Å². The largest absolute Gasteiger partial charge is 0.469 e. The van der Waals surface area contributed by atoms with Crippen LogP contribution in [0.25, 0.3) is 0 Å². The number of methoxy groups -OCH3 is 1. The quantitative estimate of drug-likeness (QED) is 0.142. The fourth-order valence-corrected chi connectivity index (χ4v) is 10.6. The summed E-state index contributed by atoms with van der Waals surface area (Å²) < 4.78 is 27.8. The van der Waals surface area contributed by atoms with Crippen molar-refractivity contribution in [3.63, 3.8) is 0 Å². The minimum absolute atomic E-state index is 0.0829. The second kappa shape index (κ2) is 14.1. The number of aliphatic hydroxyl groups excluding tert-OH is 1. The van der Waals surface area contributed by atoms with E-state index in [1.165, 1.54) is 7.11 Å². The summed E-state index contributed by atoms with van der Waals surface area (Å²) in [6, 6.07) is 5.08. The highest BCUT2D eigenvalue weighted by Gasteiger charge is 2.67. The average Bonchev–Trinajstić information content (AvgIpc) is 3.69. The summed E-state index contributed by atoms with van der Waals surface area (Å²) >= 11 is 0. The highest BCUT2D eigenvalue weighted by molar-refractivity contribution is 6.72. The number of nitrogens with one attached hydrogen (secondary N) is 2. The lowest BCUT2D eigenvalue weighted by atomic mass is 9.82. The Morgan fingerprint density at radius 1 is 1.22 bits per heavy atom. The van der Waals surface area contributed by atoms with Crippen molar-refractivity contribution < 1.29 is 37.9 Å². The van der Waals surface area contributed by atoms with Crippen LogP contribution in [0.1, 0.15) is 63.9 Å². The molecule has 254 valence electrons. The van der Waals surface area contributed by atoms with Gasteiger partial charge in [0.1, 0.15) is 0 Å². The van der Waals surface area contributed by atoms with Gasteiger partial charge in [0.05, 0.1) is 43.9 Å². The molecular formula is C33H49FN4O7Si. The van der Waals surface area contributed by atoms with E-state index in [2.05, 4.69) is 10.6 Å². The molecule has 1 aromatic carbocycles. The predicted molar refractivity (Wildman–Crippen MR) is 173 cm³/mol. The third-order valence-corrected chi connectivity index (χ3v) is 12.9. The lowest BCUT2D eigenvalue weighted by Crippen LogP contribution is -2.45. The van der Waals surface area contributed by atoms with Gasteiger partial charge in [-0.2, -0.15) is 0 Å². The number of fused-ring (bicyclic) bond motifs is 2. The third-order valence-electron chi connectivity index (χ3n) is 10.4. The third kappa shape index (κ3) is 6.61. The van der Waals surface area contributed by atoms with Gasteiger partial charge >= 0.3 is 5.97 Å². The molecule has 4 heterocycles. The number of amides is 3. The Morgan fingerprint density at radius 2 is 2.00 bits per heavy atom. The van der Waals surface area contributed by atoms with Gasteiger partial charge in [-0.3, -0.25) is 19.2 Å². The van der Waals surface area contributed by atoms with Gasteiger partial charge in [0, 0.05) is 48.8 Å². The molecule has 13 heteroatoms. The molecule has 3 fully saturated rings. The molecule has 0 saturated carbocycles. The van der Waals surface area contributed by atoms with E-state index in [0.717, 1.165) is 25.8 Å². The van der Waals surface area contributed by atoms with E-state index in [0.29, 0.717) is 55.8 Å². The maximum absolute atomic E-state index is 16.3. The first-order valence-electron chi connectivity index (χ1n) is 16.7. The Balaban J connectivity index is 1.48. The summed E-state index contributed by atoms with van der Waals surface area (Å²) in [4.78, 5) is 56.3. The van der Waals surface area contributed by atoms with Crippen molar-refractivity contribution in [2.24, 2.45) is 11.8 Å². The summed E-state index contributed by atoms with van der Waals surface area (Å²) in [5, 5.41) is 16.1. The number of carbonyl (C=O) groups is 4. The Bertz CT molecular complexity index is 1320. The molecule has 3 N–H and O–H groups in total. The van der Waals surface area contributed by atoms with Crippen LogP contribution in [0.3, 0.4) is 0 Å². The topological polar surface area (TPSA) is 138 Å². The van der Waals surface area contributed by atoms with Crippen molar-refractivity contribution in [2.75, 3.05) is 50.1 Å². The van der Waals surface area contributed by atoms with E-state index in [1.807, 2.05) is 6.92 Å². The van der Waals surface area contributed by atoms with Gasteiger partial charge in [-0.05, 0) is 76.4 Å². The second-order valence-electron chi connectivity index (χ2n) is 13.8. The lowest BCUT2D eigenvalue weighted by molar-refractivity contribution is -0.150. The maximum Gasteiger partial charge on any atom is 0.305 e. The molecule has 3 saturated heterocycles. The SMILES string of the molecule is COC(=O)CCCCN1C(=O)[C@]2(O[C@H](CC(=O)N3CCC[C@H]3CO)[C@@H]([Si](C)(C)F)[C@@H]2C)c2cc(NC(=O)C3CCCNC3)ccc21. The van der Waals surface area contributed by atoms with Crippen LogP contribution in [0.4, 0.5) is 15.5 Å². The number of halogens is 1. The molecule has 1 aromatic rings. The molecule has 0 radical (unpaired) electrons. The summed E-state index contributed by atoms with van der Waals surface area (Å²) in [6.45, 7) is 7.23. The fourth-order valence-electron chi connectivity index (χ4n) is 8.15. The number of likely N-dealkylation sites (tertiary alicyclic amines) is 1. The van der Waals surface area contributed by atoms with E-state index in [9.17, 15) is 24.3 Å². The zero-order valence-electron chi connectivity index (χ0n) is 27.5. The summed E-state index contributed by atoms with van der Waals surface area (Å²) in [5.41, 5.74) is -0.492. The smallest absolute Gasteiger partial charge is 0.305 e. The lowest BCUT2D eigenvalue weighted by Gasteiger charge is -2.31. The zero-order chi connectivity index (χ0) is 33.2. The standard InChI is InChI=1S/C33H49FN4O7Si/c1-21-30(46(3,4)34)27(18-28(40)37-16-8-10-24(37)20-39)45-33(21)25-17-23(36-31(42)22-9-7-14-35-19-22)12-13-26(25)38(32(33)43)15-6-5-11-29(41)44-2/h12-13,17,21-22,24,27,30,35,39H,5-11,14-16,18-20H2,1-4H3,(H,36,42)/t21-,22?,24-,27+,30-,33+/m0/s1. The zero-order valence-corrected chi connectivity index (χ0v) is 28.5. The van der Waals surface area contributed by atoms with E-state index < -0.39 is 31.6 Å². The number of carbonyl (C=O) groups excluding carboxylic acids is 4. The van der Waals surface area contributed by atoms with E-state index in [1.54, 1.807) is 41.1 Å². The highest BCUT2D eigenvalue weighted by atomic mass is 28.4. The van der Waals surface area contributed by atoms with Crippen LogP contribution >= 0.6 is 0 Å². The molecule has 4 aliphatic heterocycles. The minimum atomic E-state index is -3.50. The minimum Gasteiger partial charge on any atom is -0.469 e. The number of ether oxygens (including phenoxy) is 2. The molecule has 5 rings (SSSR count). The summed E-state index contributed by atoms with van der Waals surface area (Å²) in [5.74, 6) is -1.71. The normalized spacial score (nSPS) is 29.3.